The Labute approximate surface area is 170 Å². The highest BCUT2D eigenvalue weighted by Crippen LogP contribution is 2.02. The maximum Gasteiger partial charge on any atom is 0.317 e. The van der Waals surface area contributed by atoms with Crippen molar-refractivity contribution in [2.24, 2.45) is 0 Å². The SMILES string of the molecule is CC(=O)CN1CCN(CCC(=O)O)CCN(CC(=O)O)CCN(CC(=O)O)CC1. The Morgan fingerprint density at radius 3 is 1.24 bits per heavy atom. The number of nitrogens with zero attached hydrogens (tertiary/aromatic N) is 4. The molecular formula is C18H32N4O7. The Morgan fingerprint density at radius 2 is 0.931 bits per heavy atom. The number of aliphatic carboxylic acids is 3. The number of carboxylic acids is 3. The van der Waals surface area contributed by atoms with Crippen molar-refractivity contribution >= 4 is 23.7 Å². The Kier molecular flexibility index (Phi) is 11.4. The van der Waals surface area contributed by atoms with Gasteiger partial charge < -0.3 is 20.2 Å². The van der Waals surface area contributed by atoms with E-state index in [-0.39, 0.29) is 31.8 Å². The summed E-state index contributed by atoms with van der Waals surface area (Å²) in [5.74, 6) is -2.82. The van der Waals surface area contributed by atoms with Crippen molar-refractivity contribution in [3.63, 3.8) is 0 Å². The Hall–Kier alpha value is -2.08. The van der Waals surface area contributed by atoms with Crippen molar-refractivity contribution in [1.82, 2.24) is 19.6 Å². The van der Waals surface area contributed by atoms with Crippen LogP contribution in [0.2, 0.25) is 0 Å². The van der Waals surface area contributed by atoms with E-state index < -0.39 is 17.9 Å². The highest BCUT2D eigenvalue weighted by Gasteiger charge is 2.19. The summed E-state index contributed by atoms with van der Waals surface area (Å²) in [5.41, 5.74) is 0. The molecule has 0 aromatic rings. The minimum atomic E-state index is -0.966. The zero-order valence-corrected chi connectivity index (χ0v) is 17.0. The lowest BCUT2D eigenvalue weighted by Gasteiger charge is -2.33. The van der Waals surface area contributed by atoms with Gasteiger partial charge in [-0.15, -0.1) is 0 Å². The van der Waals surface area contributed by atoms with E-state index in [1.54, 1.807) is 9.80 Å². The lowest BCUT2D eigenvalue weighted by Crippen LogP contribution is -2.48. The van der Waals surface area contributed by atoms with E-state index in [9.17, 15) is 19.2 Å². The van der Waals surface area contributed by atoms with Crippen LogP contribution in [0.3, 0.4) is 0 Å². The molecule has 1 heterocycles. The number of rotatable bonds is 9. The minimum Gasteiger partial charge on any atom is -0.481 e. The molecule has 0 spiro atoms. The van der Waals surface area contributed by atoms with Gasteiger partial charge in [0.1, 0.15) is 5.78 Å². The molecule has 1 saturated heterocycles. The van der Waals surface area contributed by atoms with Gasteiger partial charge in [0.25, 0.3) is 0 Å². The number of ketones is 1. The first-order chi connectivity index (χ1) is 13.7. The normalized spacial score (nSPS) is 19.2. The van der Waals surface area contributed by atoms with Crippen LogP contribution < -0.4 is 0 Å². The summed E-state index contributed by atoms with van der Waals surface area (Å²) >= 11 is 0. The molecule has 0 atom stereocenters. The zero-order chi connectivity index (χ0) is 21.8. The first-order valence-electron chi connectivity index (χ1n) is 9.70. The third-order valence-corrected chi connectivity index (χ3v) is 4.74. The van der Waals surface area contributed by atoms with E-state index in [2.05, 4.69) is 0 Å². The number of hydrogen-bond acceptors (Lipinski definition) is 8. The summed E-state index contributed by atoms with van der Waals surface area (Å²) in [6.45, 7) is 5.50. The van der Waals surface area contributed by atoms with Gasteiger partial charge in [-0.1, -0.05) is 0 Å². The van der Waals surface area contributed by atoms with Crippen LogP contribution in [0.25, 0.3) is 0 Å². The molecule has 0 aromatic carbocycles. The molecule has 1 rings (SSSR count). The Bertz CT molecular complexity index is 540. The molecule has 3 N–H and O–H groups in total. The van der Waals surface area contributed by atoms with Crippen LogP contribution in [0.4, 0.5) is 0 Å². The van der Waals surface area contributed by atoms with E-state index in [1.165, 1.54) is 6.92 Å². The molecule has 0 radical (unpaired) electrons. The third kappa shape index (κ3) is 12.2. The van der Waals surface area contributed by atoms with E-state index in [0.717, 1.165) is 0 Å². The topological polar surface area (TPSA) is 142 Å². The fourth-order valence-corrected chi connectivity index (χ4v) is 3.23. The Morgan fingerprint density at radius 1 is 0.586 bits per heavy atom. The molecule has 0 aromatic heterocycles. The molecule has 0 bridgehead atoms. The fraction of sp³-hybridized carbons (Fsp3) is 0.778. The maximum atomic E-state index is 11.6. The average Bonchev–Trinajstić information content (AvgIpc) is 2.59. The number of Topliss-reactive ketones (excluding diaryl/α,β-unsaturated/α-hetero) is 1. The second-order valence-electron chi connectivity index (χ2n) is 7.30. The minimum absolute atomic E-state index is 0.00611. The highest BCUT2D eigenvalue weighted by atomic mass is 16.4. The molecule has 29 heavy (non-hydrogen) atoms. The van der Waals surface area contributed by atoms with Crippen LogP contribution in [0.1, 0.15) is 13.3 Å². The van der Waals surface area contributed by atoms with Crippen LogP contribution in [-0.4, -0.2) is 137 Å². The standard InChI is InChI=1S/C18H32N4O7/c1-15(23)12-20-6-4-19(3-2-16(24)25)5-7-21(13-17(26)27)10-11-22(9-8-20)14-18(28)29/h2-14H2,1H3,(H,24,25)(H,26,27)(H,28,29). The smallest absolute Gasteiger partial charge is 0.317 e. The zero-order valence-electron chi connectivity index (χ0n) is 17.0. The monoisotopic (exact) mass is 416 g/mol. The van der Waals surface area contributed by atoms with Gasteiger partial charge in [-0.25, -0.2) is 0 Å². The summed E-state index contributed by atoms with van der Waals surface area (Å²) in [7, 11) is 0. The van der Waals surface area contributed by atoms with Crippen LogP contribution in [-0.2, 0) is 19.2 Å². The molecule has 11 heteroatoms. The predicted octanol–water partition coefficient (Wildman–Crippen LogP) is -1.56. The number of hydrogen-bond donors (Lipinski definition) is 3. The van der Waals surface area contributed by atoms with Crippen molar-refractivity contribution in [1.29, 1.82) is 0 Å². The molecule has 11 nitrogen and oxygen atoms in total. The molecule has 1 fully saturated rings. The second kappa shape index (κ2) is 13.2. The lowest BCUT2D eigenvalue weighted by atomic mass is 10.3. The fourth-order valence-electron chi connectivity index (χ4n) is 3.23. The summed E-state index contributed by atoms with van der Waals surface area (Å²) in [4.78, 5) is 52.2. The van der Waals surface area contributed by atoms with Crippen LogP contribution >= 0.6 is 0 Å². The molecule has 0 unspecified atom stereocenters. The van der Waals surface area contributed by atoms with Gasteiger partial charge in [0.2, 0.25) is 0 Å². The predicted molar refractivity (Wildman–Crippen MR) is 104 cm³/mol. The molecule has 166 valence electrons. The maximum absolute atomic E-state index is 11.6. The first-order valence-corrected chi connectivity index (χ1v) is 9.70. The second-order valence-corrected chi connectivity index (χ2v) is 7.30. The summed E-state index contributed by atoms with van der Waals surface area (Å²) in [5, 5.41) is 27.3. The molecule has 1 aliphatic rings. The van der Waals surface area contributed by atoms with Crippen LogP contribution in [0.5, 0.6) is 0 Å². The lowest BCUT2D eigenvalue weighted by molar-refractivity contribution is -0.140. The average molecular weight is 416 g/mol. The van der Waals surface area contributed by atoms with Crippen molar-refractivity contribution < 1.29 is 34.5 Å². The summed E-state index contributed by atoms with van der Waals surface area (Å²) in [6, 6.07) is 0. The van der Waals surface area contributed by atoms with Gasteiger partial charge in [0, 0.05) is 58.9 Å². The van der Waals surface area contributed by atoms with Gasteiger partial charge in [0.15, 0.2) is 0 Å². The summed E-state index contributed by atoms with van der Waals surface area (Å²) in [6.07, 6.45) is -0.0158. The Balaban J connectivity index is 2.89. The van der Waals surface area contributed by atoms with Gasteiger partial charge in [-0.2, -0.15) is 0 Å². The molecular weight excluding hydrogens is 384 g/mol. The van der Waals surface area contributed by atoms with E-state index >= 15 is 0 Å². The van der Waals surface area contributed by atoms with Crippen molar-refractivity contribution in [2.45, 2.75) is 13.3 Å². The van der Waals surface area contributed by atoms with Crippen molar-refractivity contribution in [3.05, 3.63) is 0 Å². The third-order valence-electron chi connectivity index (χ3n) is 4.74. The molecule has 0 saturated carbocycles. The molecule has 1 aliphatic heterocycles. The van der Waals surface area contributed by atoms with E-state index in [1.807, 2.05) is 9.80 Å². The van der Waals surface area contributed by atoms with Crippen LogP contribution in [0, 0.1) is 0 Å². The number of carbonyl (C=O) groups is 4. The van der Waals surface area contributed by atoms with Gasteiger partial charge in [0.05, 0.1) is 26.1 Å². The summed E-state index contributed by atoms with van der Waals surface area (Å²) < 4.78 is 0. The van der Waals surface area contributed by atoms with E-state index in [4.69, 9.17) is 15.3 Å². The highest BCUT2D eigenvalue weighted by molar-refractivity contribution is 5.77. The largest absolute Gasteiger partial charge is 0.481 e. The molecule has 0 aliphatic carbocycles. The quantitative estimate of drug-likeness (QED) is 0.402. The van der Waals surface area contributed by atoms with Crippen LogP contribution in [0.15, 0.2) is 0 Å². The first kappa shape index (κ1) is 25.0. The number of carbonyl (C=O) groups excluding carboxylic acids is 1. The van der Waals surface area contributed by atoms with Gasteiger partial charge >= 0.3 is 17.9 Å². The molecule has 0 amide bonds. The van der Waals surface area contributed by atoms with Gasteiger partial charge in [-0.05, 0) is 6.92 Å². The van der Waals surface area contributed by atoms with Crippen molar-refractivity contribution in [3.8, 4) is 0 Å². The van der Waals surface area contributed by atoms with E-state index in [0.29, 0.717) is 58.9 Å². The van der Waals surface area contributed by atoms with Gasteiger partial charge in [-0.3, -0.25) is 33.9 Å². The van der Waals surface area contributed by atoms with Crippen molar-refractivity contribution in [2.75, 3.05) is 78.5 Å². The number of carboxylic acid groups (broad SMARTS) is 3.